The van der Waals surface area contributed by atoms with Crippen LogP contribution in [0.4, 0.5) is 5.69 Å². The Morgan fingerprint density at radius 1 is 1.00 bits per heavy atom. The van der Waals surface area contributed by atoms with Gasteiger partial charge in [0.05, 0.1) is 0 Å². The van der Waals surface area contributed by atoms with E-state index in [0.717, 1.165) is 6.44 Å². The first-order valence-corrected chi connectivity index (χ1v) is 9.27. The average Bonchev–Trinajstić information content (AvgIpc) is 2.54. The molecule has 0 saturated heterocycles. The summed E-state index contributed by atoms with van der Waals surface area (Å²) in [5.41, 5.74) is 5.51. The Hall–Kier alpha value is -0.254. The van der Waals surface area contributed by atoms with Gasteiger partial charge in [-0.3, -0.25) is 0 Å². The van der Waals surface area contributed by atoms with Crippen molar-refractivity contribution in [1.29, 1.82) is 0 Å². The molecule has 1 heterocycles. The molecule has 0 fully saturated rings. The van der Waals surface area contributed by atoms with E-state index in [2.05, 4.69) is 99.7 Å². The predicted molar refractivity (Wildman–Crippen MR) is 112 cm³/mol. The largest absolute Gasteiger partial charge is 1.00 e. The number of benzene rings is 2. The molecule has 0 atom stereocenters. The molecule has 1 aliphatic heterocycles. The summed E-state index contributed by atoms with van der Waals surface area (Å²) in [6, 6.07) is 17.8. The first-order chi connectivity index (χ1) is 11.3. The van der Waals surface area contributed by atoms with Crippen molar-refractivity contribution in [2.45, 2.75) is 40.2 Å². The van der Waals surface area contributed by atoms with E-state index in [1.807, 2.05) is 0 Å². The van der Waals surface area contributed by atoms with E-state index < -0.39 is 6.15 Å². The van der Waals surface area contributed by atoms with Crippen LogP contribution in [0, 0.1) is 0 Å². The molecule has 0 bridgehead atoms. The minimum absolute atomic E-state index is 0. The zero-order chi connectivity index (χ0) is 17.3. The topological polar surface area (TPSA) is 3.24 Å². The first-order valence-electron chi connectivity index (χ1n) is 9.27. The monoisotopic (exact) mass is 355 g/mol. The standard InChI is InChI=1S/C21H28B2N.K/c1-17(2)18-11-12-21-19(15-18)13-14-22(20-9-7-6-8-10-20)24(21)16-23(3,4)5;/h6-15,17H,16H2,1-5H3;/q-1;+1. The normalized spacial score (nSPS) is 13.7. The Bertz CT molecular complexity index is 735. The molecule has 0 spiro atoms. The van der Waals surface area contributed by atoms with Gasteiger partial charge in [-0.2, -0.15) is 20.5 Å². The van der Waals surface area contributed by atoms with Gasteiger partial charge in [-0.15, -0.1) is 6.44 Å². The van der Waals surface area contributed by atoms with Gasteiger partial charge in [-0.05, 0) is 29.2 Å². The Labute approximate surface area is 196 Å². The number of fused-ring (bicyclic) bond motifs is 1. The van der Waals surface area contributed by atoms with Crippen molar-refractivity contribution in [3.63, 3.8) is 0 Å². The van der Waals surface area contributed by atoms with Crippen LogP contribution < -0.4 is 61.7 Å². The van der Waals surface area contributed by atoms with Gasteiger partial charge >= 0.3 is 58.2 Å². The van der Waals surface area contributed by atoms with Crippen LogP contribution in [0.25, 0.3) is 6.08 Å². The second kappa shape index (κ2) is 8.62. The van der Waals surface area contributed by atoms with Crippen LogP contribution in [0.3, 0.4) is 0 Å². The molecule has 0 N–H and O–H groups in total. The average molecular weight is 355 g/mol. The van der Waals surface area contributed by atoms with Crippen molar-refractivity contribution in [3.05, 3.63) is 65.6 Å². The van der Waals surface area contributed by atoms with E-state index in [-0.39, 0.29) is 51.4 Å². The van der Waals surface area contributed by atoms with E-state index in [0.29, 0.717) is 12.8 Å². The molecule has 0 unspecified atom stereocenters. The van der Waals surface area contributed by atoms with Crippen molar-refractivity contribution in [3.8, 4) is 0 Å². The van der Waals surface area contributed by atoms with Crippen molar-refractivity contribution in [2.24, 2.45) is 0 Å². The fourth-order valence-electron chi connectivity index (χ4n) is 3.52. The minimum Gasteiger partial charge on any atom is -0.441 e. The Balaban J connectivity index is 0.00000225. The zero-order valence-corrected chi connectivity index (χ0v) is 19.8. The fraction of sp³-hybridized carbons (Fsp3) is 0.333. The summed E-state index contributed by atoms with van der Waals surface area (Å²) in [5, 5.41) is 0. The smallest absolute Gasteiger partial charge is 0.441 e. The molecule has 2 aromatic rings. The summed E-state index contributed by atoms with van der Waals surface area (Å²) in [5.74, 6) is 2.93. The minimum atomic E-state index is -0.421. The molecular weight excluding hydrogens is 327 g/mol. The van der Waals surface area contributed by atoms with Gasteiger partial charge in [0.15, 0.2) is 0 Å². The molecule has 2 aromatic carbocycles. The molecule has 3 rings (SSSR count). The molecule has 25 heavy (non-hydrogen) atoms. The molecule has 0 saturated carbocycles. The third-order valence-electron chi connectivity index (χ3n) is 4.71. The third kappa shape index (κ3) is 5.14. The number of rotatable bonds is 4. The number of hydrogen-bond donors (Lipinski definition) is 0. The summed E-state index contributed by atoms with van der Waals surface area (Å²) in [6.07, 6.45) is 2.98. The third-order valence-corrected chi connectivity index (χ3v) is 4.71. The molecule has 1 aliphatic rings. The van der Waals surface area contributed by atoms with Gasteiger partial charge in [0.25, 0.3) is 0 Å². The molecule has 0 aliphatic carbocycles. The molecule has 0 radical (unpaired) electrons. The molecule has 0 amide bonds. The maximum Gasteiger partial charge on any atom is 1.00 e. The van der Waals surface area contributed by atoms with Crippen molar-refractivity contribution >= 4 is 30.2 Å². The van der Waals surface area contributed by atoms with Crippen LogP contribution in [0.1, 0.15) is 30.9 Å². The SMILES string of the molecule is CC(C)c1ccc2c(c1)C=CB(c1ccccc1)N2C[B-](C)(C)C.[K+]. The predicted octanol–water partition coefficient (Wildman–Crippen LogP) is 1.96. The molecule has 0 aromatic heterocycles. The van der Waals surface area contributed by atoms with E-state index in [9.17, 15) is 0 Å². The van der Waals surface area contributed by atoms with Crippen molar-refractivity contribution in [2.75, 3.05) is 11.3 Å². The van der Waals surface area contributed by atoms with Gasteiger partial charge < -0.3 is 4.81 Å². The Morgan fingerprint density at radius 3 is 2.28 bits per heavy atom. The second-order valence-corrected chi connectivity index (χ2v) is 8.80. The quantitative estimate of drug-likeness (QED) is 0.758. The summed E-state index contributed by atoms with van der Waals surface area (Å²) in [6.45, 7) is 12.0. The Kier molecular flexibility index (Phi) is 7.26. The molecule has 4 heteroatoms. The van der Waals surface area contributed by atoms with Crippen LogP contribution in [-0.2, 0) is 0 Å². The van der Waals surface area contributed by atoms with Crippen LogP contribution in [-0.4, -0.2) is 19.4 Å². The summed E-state index contributed by atoms with van der Waals surface area (Å²) in [4.78, 5) is 2.59. The maximum absolute atomic E-state index is 2.59. The van der Waals surface area contributed by atoms with Gasteiger partial charge in [-0.25, -0.2) is 0 Å². The first kappa shape index (κ1) is 21.1. The van der Waals surface area contributed by atoms with E-state index in [1.165, 1.54) is 22.3 Å². The van der Waals surface area contributed by atoms with E-state index >= 15 is 0 Å². The van der Waals surface area contributed by atoms with Crippen molar-refractivity contribution < 1.29 is 51.4 Å². The zero-order valence-electron chi connectivity index (χ0n) is 16.7. The summed E-state index contributed by atoms with van der Waals surface area (Å²) in [7, 11) is 0. The van der Waals surface area contributed by atoms with Crippen LogP contribution in [0.15, 0.2) is 54.5 Å². The Morgan fingerprint density at radius 2 is 1.68 bits per heavy atom. The van der Waals surface area contributed by atoms with Gasteiger partial charge in [0.2, 0.25) is 0 Å². The van der Waals surface area contributed by atoms with E-state index in [4.69, 9.17) is 0 Å². The van der Waals surface area contributed by atoms with Crippen LogP contribution in [0.2, 0.25) is 20.5 Å². The molecular formula is C21H28B2KN. The second-order valence-electron chi connectivity index (χ2n) is 8.80. The maximum atomic E-state index is 2.59. The van der Waals surface area contributed by atoms with Gasteiger partial charge in [0, 0.05) is 11.8 Å². The fourth-order valence-corrected chi connectivity index (χ4v) is 3.52. The van der Waals surface area contributed by atoms with E-state index in [1.54, 1.807) is 0 Å². The van der Waals surface area contributed by atoms with Gasteiger partial charge in [0.1, 0.15) is 0 Å². The molecule has 124 valence electrons. The van der Waals surface area contributed by atoms with Gasteiger partial charge in [-0.1, -0.05) is 67.8 Å². The van der Waals surface area contributed by atoms with Crippen molar-refractivity contribution in [1.82, 2.24) is 0 Å². The van der Waals surface area contributed by atoms with Crippen LogP contribution >= 0.6 is 0 Å². The van der Waals surface area contributed by atoms with Crippen LogP contribution in [0.5, 0.6) is 0 Å². The summed E-state index contributed by atoms with van der Waals surface area (Å²) < 4.78 is 0. The number of hydrogen-bond acceptors (Lipinski definition) is 1. The number of nitrogens with zero attached hydrogens (tertiary/aromatic N) is 1. The molecule has 1 nitrogen and oxygen atoms in total. The number of anilines is 1. The summed E-state index contributed by atoms with van der Waals surface area (Å²) >= 11 is 0.